The van der Waals surface area contributed by atoms with Crippen LogP contribution in [0.1, 0.15) is 53.5 Å². The van der Waals surface area contributed by atoms with Crippen molar-refractivity contribution >= 4 is 5.91 Å². The Kier molecular flexibility index (Phi) is 6.12. The molecule has 2 aromatic carbocycles. The molecule has 0 aliphatic carbocycles. The summed E-state index contributed by atoms with van der Waals surface area (Å²) in [7, 11) is 0. The molecule has 1 N–H and O–H groups in total. The Morgan fingerprint density at radius 3 is 2.53 bits per heavy atom. The number of carbonyl (C=O) groups excluding carboxylic acids is 1. The van der Waals surface area contributed by atoms with Crippen molar-refractivity contribution in [3.8, 4) is 17.0 Å². The summed E-state index contributed by atoms with van der Waals surface area (Å²) in [6, 6.07) is 21.7. The van der Waals surface area contributed by atoms with Gasteiger partial charge in [-0.2, -0.15) is 5.10 Å². The average Bonchev–Trinajstić information content (AvgIpc) is 3.40. The number of H-pyrrole nitrogens is 1. The van der Waals surface area contributed by atoms with Crippen molar-refractivity contribution in [1.82, 2.24) is 20.1 Å². The van der Waals surface area contributed by atoms with Gasteiger partial charge in [-0.3, -0.25) is 14.9 Å². The van der Waals surface area contributed by atoms with Crippen LogP contribution in [0.15, 0.2) is 79.1 Å². The summed E-state index contributed by atoms with van der Waals surface area (Å²) in [6.45, 7) is 5.53. The third-order valence-corrected chi connectivity index (χ3v) is 6.15. The summed E-state index contributed by atoms with van der Waals surface area (Å²) in [4.78, 5) is 19.6. The molecule has 3 heterocycles. The van der Waals surface area contributed by atoms with Crippen molar-refractivity contribution < 1.29 is 9.53 Å². The Morgan fingerprint density at radius 1 is 1.03 bits per heavy atom. The molecule has 0 spiro atoms. The number of amides is 1. The second-order valence-electron chi connectivity index (χ2n) is 9.02. The van der Waals surface area contributed by atoms with Crippen molar-refractivity contribution in [2.75, 3.05) is 6.61 Å². The highest BCUT2D eigenvalue weighted by Gasteiger charge is 2.42. The summed E-state index contributed by atoms with van der Waals surface area (Å²) in [5.41, 5.74) is 5.24. The Hall–Kier alpha value is -3.93. The average molecular weight is 453 g/mol. The molecule has 1 aliphatic rings. The molecule has 1 aliphatic heterocycles. The summed E-state index contributed by atoms with van der Waals surface area (Å²) in [5, 5.41) is 7.56. The molecular weight excluding hydrogens is 424 g/mol. The van der Waals surface area contributed by atoms with Crippen LogP contribution >= 0.6 is 0 Å². The fourth-order valence-electron chi connectivity index (χ4n) is 4.37. The van der Waals surface area contributed by atoms with E-state index in [-0.39, 0.29) is 11.9 Å². The molecule has 6 nitrogen and oxygen atoms in total. The first-order valence-electron chi connectivity index (χ1n) is 11.7. The number of aromatic nitrogens is 3. The van der Waals surface area contributed by atoms with E-state index >= 15 is 0 Å². The normalized spacial score (nSPS) is 15.1. The minimum atomic E-state index is -0.263. The molecular formula is C28H28N4O2. The van der Waals surface area contributed by atoms with Gasteiger partial charge >= 0.3 is 0 Å². The van der Waals surface area contributed by atoms with Gasteiger partial charge in [0, 0.05) is 30.1 Å². The Bertz CT molecular complexity index is 1250. The number of benzene rings is 2. The quantitative estimate of drug-likeness (QED) is 0.375. The van der Waals surface area contributed by atoms with Crippen molar-refractivity contribution in [3.05, 3.63) is 102 Å². The van der Waals surface area contributed by atoms with Gasteiger partial charge < -0.3 is 9.64 Å². The third-order valence-electron chi connectivity index (χ3n) is 6.15. The number of nitrogens with zero attached hydrogens (tertiary/aromatic N) is 3. The molecule has 0 saturated heterocycles. The lowest BCUT2D eigenvalue weighted by Crippen LogP contribution is -2.29. The molecule has 0 saturated carbocycles. The number of hydrogen-bond donors (Lipinski definition) is 1. The lowest BCUT2D eigenvalue weighted by molar-refractivity contribution is 0.0730. The summed E-state index contributed by atoms with van der Waals surface area (Å²) in [5.74, 6) is 1.37. The van der Waals surface area contributed by atoms with Crippen LogP contribution in [0, 0.1) is 5.92 Å². The van der Waals surface area contributed by atoms with E-state index in [0.29, 0.717) is 24.8 Å². The number of nitrogens with one attached hydrogen (secondary N) is 1. The molecule has 4 aromatic rings. The van der Waals surface area contributed by atoms with E-state index in [1.165, 1.54) is 0 Å². The van der Waals surface area contributed by atoms with Crippen LogP contribution < -0.4 is 4.74 Å². The van der Waals surface area contributed by atoms with Gasteiger partial charge in [-0.25, -0.2) is 0 Å². The highest BCUT2D eigenvalue weighted by Crippen LogP contribution is 2.43. The number of aromatic amines is 1. The van der Waals surface area contributed by atoms with E-state index in [1.54, 1.807) is 12.4 Å². The second kappa shape index (κ2) is 9.51. The molecule has 5 rings (SSSR count). The van der Waals surface area contributed by atoms with Crippen molar-refractivity contribution in [2.24, 2.45) is 5.92 Å². The largest absolute Gasteiger partial charge is 0.494 e. The maximum atomic E-state index is 13.5. The molecule has 0 radical (unpaired) electrons. The lowest BCUT2D eigenvalue weighted by atomic mass is 9.96. The van der Waals surface area contributed by atoms with E-state index in [2.05, 4.69) is 41.2 Å². The SMILES string of the molecule is CC(C)CCOc1ccc(C2c3c(-c4ccccc4)n[nH]c3C(=O)N2Cc2cccnc2)cc1. The molecule has 34 heavy (non-hydrogen) atoms. The molecule has 1 unspecified atom stereocenters. The van der Waals surface area contributed by atoms with Gasteiger partial charge in [0.1, 0.15) is 11.4 Å². The van der Waals surface area contributed by atoms with Crippen molar-refractivity contribution in [1.29, 1.82) is 0 Å². The smallest absolute Gasteiger partial charge is 0.273 e. The Morgan fingerprint density at radius 2 is 1.82 bits per heavy atom. The Labute approximate surface area is 199 Å². The van der Waals surface area contributed by atoms with Crippen molar-refractivity contribution in [2.45, 2.75) is 32.9 Å². The topological polar surface area (TPSA) is 71.1 Å². The predicted octanol–water partition coefficient (Wildman–Crippen LogP) is 5.64. The summed E-state index contributed by atoms with van der Waals surface area (Å²) < 4.78 is 5.92. The first kappa shape index (κ1) is 21.9. The number of carbonyl (C=O) groups is 1. The van der Waals surface area contributed by atoms with Gasteiger partial charge in [-0.15, -0.1) is 0 Å². The van der Waals surface area contributed by atoms with E-state index in [9.17, 15) is 4.79 Å². The second-order valence-corrected chi connectivity index (χ2v) is 9.02. The molecule has 172 valence electrons. The number of fused-ring (bicyclic) bond motifs is 1. The van der Waals surface area contributed by atoms with Crippen LogP contribution in [0.2, 0.25) is 0 Å². The zero-order valence-corrected chi connectivity index (χ0v) is 19.4. The Balaban J connectivity index is 1.52. The number of pyridine rings is 1. The van der Waals surface area contributed by atoms with Crippen LogP contribution in [0.4, 0.5) is 0 Å². The zero-order chi connectivity index (χ0) is 23.5. The van der Waals surface area contributed by atoms with Crippen molar-refractivity contribution in [3.63, 3.8) is 0 Å². The standard InChI is InChI=1S/C28H28N4O2/c1-19(2)14-16-34-23-12-10-22(11-13-23)27-24-25(21-8-4-3-5-9-21)30-31-26(24)28(33)32(27)18-20-7-6-15-29-17-20/h3-13,15,17,19,27H,14,16,18H2,1-2H3,(H,30,31). The van der Waals surface area contributed by atoms with Crippen LogP contribution in [-0.4, -0.2) is 32.6 Å². The van der Waals surface area contributed by atoms with Gasteiger partial charge in [-0.1, -0.05) is 62.4 Å². The number of hydrogen-bond acceptors (Lipinski definition) is 4. The maximum Gasteiger partial charge on any atom is 0.273 e. The van der Waals surface area contributed by atoms with E-state index in [4.69, 9.17) is 4.74 Å². The number of ether oxygens (including phenoxy) is 1. The lowest BCUT2D eigenvalue weighted by Gasteiger charge is -2.26. The van der Waals surface area contributed by atoms with Gasteiger partial charge in [0.25, 0.3) is 5.91 Å². The monoisotopic (exact) mass is 452 g/mol. The summed E-state index contributed by atoms with van der Waals surface area (Å²) >= 11 is 0. The molecule has 0 bridgehead atoms. The minimum absolute atomic E-state index is 0.0594. The zero-order valence-electron chi connectivity index (χ0n) is 19.4. The third kappa shape index (κ3) is 4.31. The fourth-order valence-corrected chi connectivity index (χ4v) is 4.37. The highest BCUT2D eigenvalue weighted by molar-refractivity contribution is 6.00. The van der Waals surface area contributed by atoms with Gasteiger partial charge in [0.2, 0.25) is 0 Å². The molecule has 1 amide bonds. The van der Waals surface area contributed by atoms with E-state index in [1.807, 2.05) is 59.5 Å². The molecule has 1 atom stereocenters. The van der Waals surface area contributed by atoms with Crippen LogP contribution in [0.5, 0.6) is 5.75 Å². The highest BCUT2D eigenvalue weighted by atomic mass is 16.5. The predicted molar refractivity (Wildman–Crippen MR) is 131 cm³/mol. The van der Waals surface area contributed by atoms with E-state index in [0.717, 1.165) is 40.1 Å². The summed E-state index contributed by atoms with van der Waals surface area (Å²) in [6.07, 6.45) is 4.56. The van der Waals surface area contributed by atoms with Crippen LogP contribution in [0.25, 0.3) is 11.3 Å². The van der Waals surface area contributed by atoms with Gasteiger partial charge in [-0.05, 0) is 41.7 Å². The van der Waals surface area contributed by atoms with Gasteiger partial charge in [0.15, 0.2) is 0 Å². The molecule has 6 heteroatoms. The van der Waals surface area contributed by atoms with Crippen LogP contribution in [0.3, 0.4) is 0 Å². The number of rotatable bonds is 8. The first-order chi connectivity index (χ1) is 16.6. The van der Waals surface area contributed by atoms with E-state index < -0.39 is 0 Å². The first-order valence-corrected chi connectivity index (χ1v) is 11.7. The van der Waals surface area contributed by atoms with Crippen LogP contribution in [-0.2, 0) is 6.54 Å². The maximum absolute atomic E-state index is 13.5. The molecule has 0 fully saturated rings. The van der Waals surface area contributed by atoms with Gasteiger partial charge in [0.05, 0.1) is 18.3 Å². The molecule has 2 aromatic heterocycles. The minimum Gasteiger partial charge on any atom is -0.494 e. The fraction of sp³-hybridized carbons (Fsp3) is 0.250.